The average molecular weight is 347 g/mol. The van der Waals surface area contributed by atoms with E-state index in [1.807, 2.05) is 31.2 Å². The van der Waals surface area contributed by atoms with E-state index in [-0.39, 0.29) is 11.9 Å². The predicted octanol–water partition coefficient (Wildman–Crippen LogP) is 2.16. The Morgan fingerprint density at radius 2 is 1.88 bits per heavy atom. The Labute approximate surface area is 142 Å². The largest absolute Gasteiger partial charge is 0.460 e. The van der Waals surface area contributed by atoms with Crippen LogP contribution in [0.15, 0.2) is 42.7 Å². The van der Waals surface area contributed by atoms with Crippen molar-refractivity contribution in [2.75, 3.05) is 13.1 Å². The molecule has 1 aliphatic rings. The highest BCUT2D eigenvalue weighted by atomic mass is 32.2. The molecule has 0 amide bonds. The highest BCUT2D eigenvalue weighted by Gasteiger charge is 2.29. The first-order chi connectivity index (χ1) is 11.5. The predicted molar refractivity (Wildman–Crippen MR) is 91.1 cm³/mol. The molecule has 1 aliphatic heterocycles. The third-order valence-corrected chi connectivity index (χ3v) is 5.89. The molecule has 0 N–H and O–H groups in total. The third kappa shape index (κ3) is 4.30. The molecule has 1 saturated heterocycles. The number of hydrogen-bond donors (Lipinski definition) is 0. The summed E-state index contributed by atoms with van der Waals surface area (Å²) in [5, 5.41) is 0. The standard InChI is InChI=1S/C17H21N3O3S/c1-14-4-2-5-15(12-14)13-24(21,22)20-10-6-16(7-11-20)23-17-18-8-3-9-19-17/h2-5,8-9,12,16H,6-7,10-11,13H2,1H3. The molecule has 7 heteroatoms. The van der Waals surface area contributed by atoms with E-state index in [2.05, 4.69) is 9.97 Å². The molecule has 24 heavy (non-hydrogen) atoms. The summed E-state index contributed by atoms with van der Waals surface area (Å²) < 4.78 is 32.4. The van der Waals surface area contributed by atoms with Gasteiger partial charge in [0.15, 0.2) is 0 Å². The molecule has 0 atom stereocenters. The molecule has 3 rings (SSSR count). The first-order valence-corrected chi connectivity index (χ1v) is 9.61. The van der Waals surface area contributed by atoms with Crippen LogP contribution in [0.3, 0.4) is 0 Å². The molecular formula is C17H21N3O3S. The molecule has 0 radical (unpaired) electrons. The highest BCUT2D eigenvalue weighted by molar-refractivity contribution is 7.88. The van der Waals surface area contributed by atoms with E-state index in [0.29, 0.717) is 31.9 Å². The minimum atomic E-state index is -3.30. The van der Waals surface area contributed by atoms with Gasteiger partial charge < -0.3 is 4.74 Å². The van der Waals surface area contributed by atoms with Crippen LogP contribution in [0.4, 0.5) is 0 Å². The first-order valence-electron chi connectivity index (χ1n) is 8.00. The Morgan fingerprint density at radius 3 is 2.54 bits per heavy atom. The van der Waals surface area contributed by atoms with Crippen molar-refractivity contribution in [3.63, 3.8) is 0 Å². The van der Waals surface area contributed by atoms with Gasteiger partial charge in [0.2, 0.25) is 10.0 Å². The molecule has 1 aromatic heterocycles. The van der Waals surface area contributed by atoms with Crippen molar-refractivity contribution >= 4 is 10.0 Å². The normalized spacial score (nSPS) is 16.9. The second kappa shape index (κ2) is 7.27. The summed E-state index contributed by atoms with van der Waals surface area (Å²) in [6, 6.07) is 9.70. The molecule has 2 aromatic rings. The summed E-state index contributed by atoms with van der Waals surface area (Å²) in [6.07, 6.45) is 4.50. The molecule has 0 saturated carbocycles. The second-order valence-electron chi connectivity index (χ2n) is 5.99. The van der Waals surface area contributed by atoms with Gasteiger partial charge in [-0.25, -0.2) is 22.7 Å². The number of ether oxygens (including phenoxy) is 1. The number of aryl methyl sites for hydroxylation is 1. The summed E-state index contributed by atoms with van der Waals surface area (Å²) in [5.41, 5.74) is 1.89. The highest BCUT2D eigenvalue weighted by Crippen LogP contribution is 2.20. The van der Waals surface area contributed by atoms with Gasteiger partial charge in [0.05, 0.1) is 5.75 Å². The fourth-order valence-electron chi connectivity index (χ4n) is 2.83. The lowest BCUT2D eigenvalue weighted by molar-refractivity contribution is 0.124. The third-order valence-electron chi connectivity index (χ3n) is 4.04. The van der Waals surface area contributed by atoms with E-state index >= 15 is 0 Å². The zero-order valence-electron chi connectivity index (χ0n) is 13.6. The number of nitrogens with zero attached hydrogens (tertiary/aromatic N) is 3. The molecule has 6 nitrogen and oxygen atoms in total. The number of benzene rings is 1. The zero-order chi connectivity index (χ0) is 17.0. The van der Waals surface area contributed by atoms with E-state index in [0.717, 1.165) is 11.1 Å². The number of sulfonamides is 1. The van der Waals surface area contributed by atoms with E-state index in [1.165, 1.54) is 0 Å². The average Bonchev–Trinajstić information content (AvgIpc) is 2.56. The van der Waals surface area contributed by atoms with Gasteiger partial charge in [0, 0.05) is 25.5 Å². The minimum absolute atomic E-state index is 0.0437. The van der Waals surface area contributed by atoms with Gasteiger partial charge in [-0.3, -0.25) is 0 Å². The van der Waals surface area contributed by atoms with Crippen LogP contribution in [-0.4, -0.2) is 41.9 Å². The number of hydrogen-bond acceptors (Lipinski definition) is 5. The van der Waals surface area contributed by atoms with Crippen molar-refractivity contribution in [2.45, 2.75) is 31.6 Å². The van der Waals surface area contributed by atoms with Crippen molar-refractivity contribution < 1.29 is 13.2 Å². The molecule has 0 unspecified atom stereocenters. The fourth-order valence-corrected chi connectivity index (χ4v) is 4.38. The van der Waals surface area contributed by atoms with Crippen LogP contribution in [0.5, 0.6) is 6.01 Å². The molecule has 0 bridgehead atoms. The van der Waals surface area contributed by atoms with E-state index in [9.17, 15) is 8.42 Å². The lowest BCUT2D eigenvalue weighted by atomic mass is 10.1. The van der Waals surface area contributed by atoms with E-state index < -0.39 is 10.0 Å². The van der Waals surface area contributed by atoms with Crippen molar-refractivity contribution in [3.8, 4) is 6.01 Å². The van der Waals surface area contributed by atoms with Gasteiger partial charge >= 0.3 is 6.01 Å². The van der Waals surface area contributed by atoms with E-state index in [1.54, 1.807) is 22.8 Å². The Morgan fingerprint density at radius 1 is 1.17 bits per heavy atom. The lowest BCUT2D eigenvalue weighted by Gasteiger charge is -2.30. The second-order valence-corrected chi connectivity index (χ2v) is 7.96. The van der Waals surface area contributed by atoms with Crippen molar-refractivity contribution in [3.05, 3.63) is 53.9 Å². The maximum Gasteiger partial charge on any atom is 0.316 e. The Bertz CT molecular complexity index is 773. The van der Waals surface area contributed by atoms with Gasteiger partial charge in [0.1, 0.15) is 6.10 Å². The van der Waals surface area contributed by atoms with Crippen LogP contribution in [0, 0.1) is 6.92 Å². The molecule has 0 aliphatic carbocycles. The van der Waals surface area contributed by atoms with Gasteiger partial charge in [0.25, 0.3) is 0 Å². The van der Waals surface area contributed by atoms with Crippen LogP contribution in [0.1, 0.15) is 24.0 Å². The quantitative estimate of drug-likeness (QED) is 0.829. The van der Waals surface area contributed by atoms with Gasteiger partial charge in [-0.15, -0.1) is 0 Å². The smallest absolute Gasteiger partial charge is 0.316 e. The minimum Gasteiger partial charge on any atom is -0.460 e. The number of rotatable bonds is 5. The molecule has 2 heterocycles. The summed E-state index contributed by atoms with van der Waals surface area (Å²) >= 11 is 0. The molecular weight excluding hydrogens is 326 g/mol. The zero-order valence-corrected chi connectivity index (χ0v) is 14.4. The van der Waals surface area contributed by atoms with Crippen LogP contribution >= 0.6 is 0 Å². The summed E-state index contributed by atoms with van der Waals surface area (Å²) in [5.74, 6) is 0.0437. The molecule has 1 aromatic carbocycles. The number of aromatic nitrogens is 2. The summed E-state index contributed by atoms with van der Waals surface area (Å²) in [6.45, 7) is 2.89. The Kier molecular flexibility index (Phi) is 5.11. The van der Waals surface area contributed by atoms with E-state index in [4.69, 9.17) is 4.74 Å². The number of piperidine rings is 1. The van der Waals surface area contributed by atoms with Crippen LogP contribution in [-0.2, 0) is 15.8 Å². The van der Waals surface area contributed by atoms with Crippen molar-refractivity contribution in [2.24, 2.45) is 0 Å². The van der Waals surface area contributed by atoms with Crippen LogP contribution < -0.4 is 4.74 Å². The molecule has 1 fully saturated rings. The SMILES string of the molecule is Cc1cccc(CS(=O)(=O)N2CCC(Oc3ncccn3)CC2)c1. The Hall–Kier alpha value is -1.99. The van der Waals surface area contributed by atoms with Crippen molar-refractivity contribution in [1.29, 1.82) is 0 Å². The van der Waals surface area contributed by atoms with Gasteiger partial charge in [-0.1, -0.05) is 29.8 Å². The molecule has 0 spiro atoms. The Balaban J connectivity index is 1.57. The summed E-state index contributed by atoms with van der Waals surface area (Å²) in [4.78, 5) is 8.08. The van der Waals surface area contributed by atoms with Gasteiger partial charge in [-0.05, 0) is 31.4 Å². The molecule has 128 valence electrons. The van der Waals surface area contributed by atoms with Crippen molar-refractivity contribution in [1.82, 2.24) is 14.3 Å². The summed E-state index contributed by atoms with van der Waals surface area (Å²) in [7, 11) is -3.30. The maximum atomic E-state index is 12.6. The van der Waals surface area contributed by atoms with Crippen LogP contribution in [0.2, 0.25) is 0 Å². The topological polar surface area (TPSA) is 72.4 Å². The monoisotopic (exact) mass is 347 g/mol. The lowest BCUT2D eigenvalue weighted by Crippen LogP contribution is -2.42. The van der Waals surface area contributed by atoms with Gasteiger partial charge in [-0.2, -0.15) is 0 Å². The van der Waals surface area contributed by atoms with Crippen LogP contribution in [0.25, 0.3) is 0 Å². The maximum absolute atomic E-state index is 12.6. The fraction of sp³-hybridized carbons (Fsp3) is 0.412. The first kappa shape index (κ1) is 16.9.